The normalized spacial score (nSPS) is 25.9. The summed E-state index contributed by atoms with van der Waals surface area (Å²) in [7, 11) is 0. The minimum Gasteiger partial charge on any atom is -0.376 e. The van der Waals surface area contributed by atoms with Gasteiger partial charge in [-0.3, -0.25) is 4.90 Å². The van der Waals surface area contributed by atoms with Crippen molar-refractivity contribution in [2.24, 2.45) is 5.73 Å². The van der Waals surface area contributed by atoms with Crippen LogP contribution in [0.2, 0.25) is 0 Å². The molecule has 1 aromatic carbocycles. The van der Waals surface area contributed by atoms with Crippen molar-refractivity contribution in [3.8, 4) is 0 Å². The molecule has 20 heavy (non-hydrogen) atoms. The second kappa shape index (κ2) is 6.61. The first-order valence-electron chi connectivity index (χ1n) is 6.98. The van der Waals surface area contributed by atoms with Crippen LogP contribution in [0.15, 0.2) is 24.3 Å². The van der Waals surface area contributed by atoms with Gasteiger partial charge in [0.15, 0.2) is 0 Å². The highest BCUT2D eigenvalue weighted by molar-refractivity contribution is 5.26. The molecule has 0 aromatic heterocycles. The van der Waals surface area contributed by atoms with Crippen LogP contribution in [0.1, 0.15) is 37.4 Å². The maximum Gasteiger partial charge on any atom is 0.263 e. The van der Waals surface area contributed by atoms with Crippen LogP contribution in [0.4, 0.5) is 8.78 Å². The van der Waals surface area contributed by atoms with Crippen LogP contribution in [0, 0.1) is 0 Å². The van der Waals surface area contributed by atoms with Crippen molar-refractivity contribution in [2.75, 3.05) is 19.7 Å². The van der Waals surface area contributed by atoms with E-state index < -0.39 is 6.43 Å². The first-order valence-corrected chi connectivity index (χ1v) is 6.98. The van der Waals surface area contributed by atoms with E-state index in [1.54, 1.807) is 12.1 Å². The van der Waals surface area contributed by atoms with Gasteiger partial charge in [-0.25, -0.2) is 8.78 Å². The molecule has 2 N–H and O–H groups in total. The monoisotopic (exact) mass is 284 g/mol. The lowest BCUT2D eigenvalue weighted by Crippen LogP contribution is -2.50. The summed E-state index contributed by atoms with van der Waals surface area (Å²) < 4.78 is 30.8. The molecule has 1 fully saturated rings. The second-order valence-electron chi connectivity index (χ2n) is 5.41. The fraction of sp³-hybridized carbons (Fsp3) is 0.600. The number of hydrogen-bond donors (Lipinski definition) is 1. The molecule has 3 atom stereocenters. The molecule has 1 heterocycles. The van der Waals surface area contributed by atoms with Gasteiger partial charge in [-0.2, -0.15) is 0 Å². The van der Waals surface area contributed by atoms with E-state index in [0.29, 0.717) is 13.2 Å². The van der Waals surface area contributed by atoms with E-state index in [9.17, 15) is 8.78 Å². The van der Waals surface area contributed by atoms with Crippen molar-refractivity contribution in [1.29, 1.82) is 0 Å². The molecule has 1 saturated heterocycles. The first kappa shape index (κ1) is 15.4. The van der Waals surface area contributed by atoms with E-state index >= 15 is 0 Å². The van der Waals surface area contributed by atoms with Gasteiger partial charge in [-0.15, -0.1) is 0 Å². The largest absolute Gasteiger partial charge is 0.376 e. The Morgan fingerprint density at radius 2 is 1.85 bits per heavy atom. The average molecular weight is 284 g/mol. The Morgan fingerprint density at radius 1 is 1.25 bits per heavy atom. The third-order valence-corrected chi connectivity index (χ3v) is 3.85. The SMILES string of the molecule is CC1CN(C(CN)c2ccc(C(F)F)cc2)C(C)CO1. The number of alkyl halides is 2. The van der Waals surface area contributed by atoms with E-state index in [2.05, 4.69) is 11.8 Å². The predicted molar refractivity (Wildman–Crippen MR) is 74.8 cm³/mol. The van der Waals surface area contributed by atoms with Gasteiger partial charge in [-0.05, 0) is 19.4 Å². The minimum absolute atomic E-state index is 0.0445. The van der Waals surface area contributed by atoms with E-state index in [4.69, 9.17) is 10.5 Å². The van der Waals surface area contributed by atoms with Crippen LogP contribution in [-0.4, -0.2) is 36.7 Å². The number of benzene rings is 1. The van der Waals surface area contributed by atoms with Crippen LogP contribution in [0.25, 0.3) is 0 Å². The van der Waals surface area contributed by atoms with Crippen molar-refractivity contribution in [3.63, 3.8) is 0 Å². The topological polar surface area (TPSA) is 38.5 Å². The molecule has 2 rings (SSSR count). The highest BCUT2D eigenvalue weighted by atomic mass is 19.3. The summed E-state index contributed by atoms with van der Waals surface area (Å²) >= 11 is 0. The molecule has 5 heteroatoms. The summed E-state index contributed by atoms with van der Waals surface area (Å²) in [5.74, 6) is 0. The Balaban J connectivity index is 2.18. The molecule has 3 unspecified atom stereocenters. The zero-order valence-electron chi connectivity index (χ0n) is 11.9. The molecular formula is C15H22F2N2O. The Kier molecular flexibility index (Phi) is 5.07. The van der Waals surface area contributed by atoms with Crippen molar-refractivity contribution >= 4 is 0 Å². The van der Waals surface area contributed by atoms with Crippen molar-refractivity contribution < 1.29 is 13.5 Å². The molecular weight excluding hydrogens is 262 g/mol. The molecule has 0 radical (unpaired) electrons. The number of nitrogens with zero attached hydrogens (tertiary/aromatic N) is 1. The Hall–Kier alpha value is -1.04. The summed E-state index contributed by atoms with van der Waals surface area (Å²) in [4.78, 5) is 2.30. The smallest absolute Gasteiger partial charge is 0.263 e. The van der Waals surface area contributed by atoms with Gasteiger partial charge in [0.25, 0.3) is 6.43 Å². The quantitative estimate of drug-likeness (QED) is 0.924. The molecule has 0 spiro atoms. The van der Waals surface area contributed by atoms with Crippen molar-refractivity contribution in [2.45, 2.75) is 38.5 Å². The van der Waals surface area contributed by atoms with Crippen LogP contribution < -0.4 is 5.73 Å². The number of morpholine rings is 1. The molecule has 0 aliphatic carbocycles. The first-order chi connectivity index (χ1) is 9.52. The molecule has 1 aromatic rings. The highest BCUT2D eigenvalue weighted by Gasteiger charge is 2.29. The van der Waals surface area contributed by atoms with Gasteiger partial charge < -0.3 is 10.5 Å². The van der Waals surface area contributed by atoms with Crippen LogP contribution in [-0.2, 0) is 4.74 Å². The van der Waals surface area contributed by atoms with Gasteiger partial charge in [0.05, 0.1) is 12.7 Å². The lowest BCUT2D eigenvalue weighted by Gasteiger charge is -2.41. The van der Waals surface area contributed by atoms with E-state index in [0.717, 1.165) is 12.1 Å². The summed E-state index contributed by atoms with van der Waals surface area (Å²) in [6.45, 7) is 6.08. The third-order valence-electron chi connectivity index (χ3n) is 3.85. The number of rotatable bonds is 4. The standard InChI is InChI=1S/C15H22F2N2O/c1-10-9-20-11(2)8-19(10)14(7-18)12-3-5-13(6-4-12)15(16)17/h3-6,10-11,14-15H,7-9,18H2,1-2H3. The van der Waals surface area contributed by atoms with Gasteiger partial charge in [0.2, 0.25) is 0 Å². The van der Waals surface area contributed by atoms with Gasteiger partial charge in [-0.1, -0.05) is 24.3 Å². The highest BCUT2D eigenvalue weighted by Crippen LogP contribution is 2.27. The average Bonchev–Trinajstić information content (AvgIpc) is 2.44. The number of halogens is 2. The van der Waals surface area contributed by atoms with Crippen molar-refractivity contribution in [1.82, 2.24) is 4.90 Å². The second-order valence-corrected chi connectivity index (χ2v) is 5.41. The summed E-state index contributed by atoms with van der Waals surface area (Å²) in [5, 5.41) is 0. The van der Waals surface area contributed by atoms with Crippen LogP contribution >= 0.6 is 0 Å². The molecule has 0 bridgehead atoms. The van der Waals surface area contributed by atoms with Gasteiger partial charge in [0.1, 0.15) is 0 Å². The maximum atomic E-state index is 12.6. The fourth-order valence-corrected chi connectivity index (χ4v) is 2.69. The minimum atomic E-state index is -2.43. The number of nitrogens with two attached hydrogens (primary N) is 1. The summed E-state index contributed by atoms with van der Waals surface area (Å²) in [6, 6.07) is 6.80. The maximum absolute atomic E-state index is 12.6. The zero-order chi connectivity index (χ0) is 14.7. The molecule has 1 aliphatic rings. The molecule has 1 aliphatic heterocycles. The number of hydrogen-bond acceptors (Lipinski definition) is 3. The summed E-state index contributed by atoms with van der Waals surface area (Å²) in [5.41, 5.74) is 6.94. The summed E-state index contributed by atoms with van der Waals surface area (Å²) in [6.07, 6.45) is -2.26. The molecule has 0 amide bonds. The molecule has 0 saturated carbocycles. The van der Waals surface area contributed by atoms with Gasteiger partial charge >= 0.3 is 0 Å². The van der Waals surface area contributed by atoms with Crippen LogP contribution in [0.5, 0.6) is 0 Å². The lowest BCUT2D eigenvalue weighted by molar-refractivity contribution is -0.0653. The van der Waals surface area contributed by atoms with Gasteiger partial charge in [0, 0.05) is 30.7 Å². The Labute approximate surface area is 118 Å². The lowest BCUT2D eigenvalue weighted by atomic mass is 10.0. The van der Waals surface area contributed by atoms with Crippen LogP contribution in [0.3, 0.4) is 0 Å². The predicted octanol–water partition coefficient (Wildman–Crippen LogP) is 2.73. The van der Waals surface area contributed by atoms with E-state index in [-0.39, 0.29) is 23.8 Å². The molecule has 3 nitrogen and oxygen atoms in total. The number of ether oxygens (including phenoxy) is 1. The Morgan fingerprint density at radius 3 is 2.40 bits per heavy atom. The third kappa shape index (κ3) is 3.34. The van der Waals surface area contributed by atoms with E-state index in [1.807, 2.05) is 6.92 Å². The molecule has 112 valence electrons. The fourth-order valence-electron chi connectivity index (χ4n) is 2.69. The Bertz CT molecular complexity index is 424. The van der Waals surface area contributed by atoms with Crippen molar-refractivity contribution in [3.05, 3.63) is 35.4 Å². The van der Waals surface area contributed by atoms with E-state index in [1.165, 1.54) is 12.1 Å². The zero-order valence-corrected chi connectivity index (χ0v) is 11.9.